The third-order valence-corrected chi connectivity index (χ3v) is 7.64. The Morgan fingerprint density at radius 1 is 0.947 bits per heavy atom. The summed E-state index contributed by atoms with van der Waals surface area (Å²) in [7, 11) is -0.0683. The normalized spacial score (nSPS) is 11.4. The first-order valence-corrected chi connectivity index (χ1v) is 13.4. The quantitative estimate of drug-likeness (QED) is 0.266. The van der Waals surface area contributed by atoms with E-state index in [9.17, 15) is 13.2 Å². The predicted octanol–water partition coefficient (Wildman–Crippen LogP) is 4.83. The first-order chi connectivity index (χ1) is 18.1. The van der Waals surface area contributed by atoms with E-state index < -0.39 is 22.5 Å². The minimum absolute atomic E-state index is 0.0817. The monoisotopic (exact) mass is 559 g/mol. The largest absolute Gasteiger partial charge is 0.495 e. The van der Waals surface area contributed by atoms with Gasteiger partial charge in [-0.25, -0.2) is 13.8 Å². The number of nitrogens with zero attached hydrogens (tertiary/aromatic N) is 2. The van der Waals surface area contributed by atoms with Gasteiger partial charge in [0.2, 0.25) is 0 Å². The zero-order valence-electron chi connectivity index (χ0n) is 21.8. The lowest BCUT2D eigenvalue weighted by Crippen LogP contribution is -2.39. The van der Waals surface area contributed by atoms with Gasteiger partial charge >= 0.3 is 0 Å². The molecular weight excluding hydrogens is 530 g/mol. The Morgan fingerprint density at radius 3 is 2.18 bits per heavy atom. The maximum absolute atomic E-state index is 13.8. The Labute approximate surface area is 228 Å². The standard InChI is InChI=1S/C27H30ClN3O6S/c1-18(2)20-8-6-19(7-9-20)16-29-30-27(32)17-31(23-14-21(28)10-12-24(23)35-3)38(33,34)22-11-13-25(36-4)26(15-22)37-5/h6-16,18H,17H2,1-5H3,(H,30,32). The molecule has 0 spiro atoms. The van der Waals surface area contributed by atoms with Crippen LogP contribution in [0.1, 0.15) is 30.9 Å². The van der Waals surface area contributed by atoms with Crippen molar-refractivity contribution in [1.82, 2.24) is 5.43 Å². The Kier molecular flexibility index (Phi) is 9.60. The van der Waals surface area contributed by atoms with E-state index in [0.717, 1.165) is 9.87 Å². The molecule has 0 aliphatic heterocycles. The molecule has 0 radical (unpaired) electrons. The zero-order valence-corrected chi connectivity index (χ0v) is 23.3. The summed E-state index contributed by atoms with van der Waals surface area (Å²) in [6.45, 7) is 3.59. The van der Waals surface area contributed by atoms with Crippen molar-refractivity contribution in [3.63, 3.8) is 0 Å². The second-order valence-corrected chi connectivity index (χ2v) is 10.8. The number of benzene rings is 3. The third kappa shape index (κ3) is 6.76. The number of nitrogens with one attached hydrogen (secondary N) is 1. The minimum atomic E-state index is -4.30. The lowest BCUT2D eigenvalue weighted by Gasteiger charge is -2.25. The topological polar surface area (TPSA) is 107 Å². The Balaban J connectivity index is 1.93. The second-order valence-electron chi connectivity index (χ2n) is 8.46. The molecule has 0 aromatic heterocycles. The van der Waals surface area contributed by atoms with Crippen LogP contribution in [0, 0.1) is 0 Å². The van der Waals surface area contributed by atoms with Crippen LogP contribution in [0.4, 0.5) is 5.69 Å². The number of ether oxygens (including phenoxy) is 3. The van der Waals surface area contributed by atoms with Gasteiger partial charge < -0.3 is 14.2 Å². The summed E-state index contributed by atoms with van der Waals surface area (Å²) in [5.74, 6) is 0.491. The molecule has 11 heteroatoms. The van der Waals surface area contributed by atoms with Crippen molar-refractivity contribution >= 4 is 39.4 Å². The molecular formula is C27H30ClN3O6S. The van der Waals surface area contributed by atoms with Crippen LogP contribution >= 0.6 is 11.6 Å². The molecule has 0 fully saturated rings. The lowest BCUT2D eigenvalue weighted by molar-refractivity contribution is -0.119. The van der Waals surface area contributed by atoms with Crippen molar-refractivity contribution in [2.75, 3.05) is 32.2 Å². The smallest absolute Gasteiger partial charge is 0.265 e. The highest BCUT2D eigenvalue weighted by Crippen LogP contribution is 2.37. The van der Waals surface area contributed by atoms with E-state index in [1.165, 1.54) is 63.4 Å². The summed E-state index contributed by atoms with van der Waals surface area (Å²) in [5, 5.41) is 4.25. The van der Waals surface area contributed by atoms with Crippen molar-refractivity contribution in [2.45, 2.75) is 24.7 Å². The van der Waals surface area contributed by atoms with Gasteiger partial charge in [0.1, 0.15) is 12.3 Å². The van der Waals surface area contributed by atoms with Crippen molar-refractivity contribution in [3.05, 3.63) is 76.8 Å². The molecule has 3 aromatic rings. The molecule has 202 valence electrons. The van der Waals surface area contributed by atoms with Crippen LogP contribution in [0.3, 0.4) is 0 Å². The number of carbonyl (C=O) groups is 1. The molecule has 1 amide bonds. The van der Waals surface area contributed by atoms with E-state index in [1.807, 2.05) is 24.3 Å². The van der Waals surface area contributed by atoms with Gasteiger partial charge in [-0.3, -0.25) is 9.10 Å². The number of hydrogen-bond acceptors (Lipinski definition) is 7. The zero-order chi connectivity index (χ0) is 27.9. The molecule has 0 heterocycles. The summed E-state index contributed by atoms with van der Waals surface area (Å²) in [5.41, 5.74) is 4.43. The van der Waals surface area contributed by atoms with Crippen molar-refractivity contribution in [1.29, 1.82) is 0 Å². The minimum Gasteiger partial charge on any atom is -0.495 e. The van der Waals surface area contributed by atoms with Gasteiger partial charge in [0.05, 0.1) is 38.1 Å². The van der Waals surface area contributed by atoms with Gasteiger partial charge in [-0.2, -0.15) is 5.10 Å². The molecule has 38 heavy (non-hydrogen) atoms. The highest BCUT2D eigenvalue weighted by molar-refractivity contribution is 7.92. The van der Waals surface area contributed by atoms with E-state index in [0.29, 0.717) is 11.7 Å². The molecule has 0 aliphatic carbocycles. The Morgan fingerprint density at radius 2 is 1.58 bits per heavy atom. The van der Waals surface area contributed by atoms with Gasteiger partial charge in [-0.1, -0.05) is 49.7 Å². The maximum atomic E-state index is 13.8. The summed E-state index contributed by atoms with van der Waals surface area (Å²) >= 11 is 6.18. The fourth-order valence-corrected chi connectivity index (χ4v) is 5.18. The van der Waals surface area contributed by atoms with Crippen molar-refractivity contribution in [3.8, 4) is 17.2 Å². The molecule has 1 N–H and O–H groups in total. The number of halogens is 1. The van der Waals surface area contributed by atoms with Gasteiger partial charge in [-0.05, 0) is 47.4 Å². The van der Waals surface area contributed by atoms with Crippen LogP contribution in [-0.2, 0) is 14.8 Å². The Bertz CT molecular complexity index is 1410. The fraction of sp³-hybridized carbons (Fsp3) is 0.259. The first kappa shape index (κ1) is 28.8. The molecule has 3 rings (SSSR count). The van der Waals surface area contributed by atoms with E-state index in [2.05, 4.69) is 24.4 Å². The maximum Gasteiger partial charge on any atom is 0.265 e. The van der Waals surface area contributed by atoms with Gasteiger partial charge in [0.25, 0.3) is 15.9 Å². The number of sulfonamides is 1. The molecule has 0 aliphatic rings. The molecule has 0 atom stereocenters. The average Bonchev–Trinajstić information content (AvgIpc) is 2.91. The second kappa shape index (κ2) is 12.7. The van der Waals surface area contributed by atoms with E-state index in [4.69, 9.17) is 25.8 Å². The summed E-state index contributed by atoms with van der Waals surface area (Å²) in [6.07, 6.45) is 1.48. The number of carbonyl (C=O) groups excluding carboxylic acids is 1. The lowest BCUT2D eigenvalue weighted by atomic mass is 10.0. The number of hydrazone groups is 1. The molecule has 0 unspecified atom stereocenters. The molecule has 0 bridgehead atoms. The molecule has 9 nitrogen and oxygen atoms in total. The van der Waals surface area contributed by atoms with Gasteiger partial charge in [0, 0.05) is 11.1 Å². The van der Waals surface area contributed by atoms with Crippen LogP contribution < -0.4 is 23.9 Å². The SMILES string of the molecule is COc1ccc(S(=O)(=O)N(CC(=O)NN=Cc2ccc(C(C)C)cc2)c2cc(Cl)ccc2OC)cc1OC. The third-order valence-electron chi connectivity index (χ3n) is 5.65. The van der Waals surface area contributed by atoms with Gasteiger partial charge in [-0.15, -0.1) is 0 Å². The Hall–Kier alpha value is -3.76. The van der Waals surface area contributed by atoms with Crippen LogP contribution in [0.2, 0.25) is 5.02 Å². The van der Waals surface area contributed by atoms with Crippen molar-refractivity contribution < 1.29 is 27.4 Å². The highest BCUT2D eigenvalue weighted by atomic mass is 35.5. The molecule has 0 saturated carbocycles. The number of rotatable bonds is 11. The van der Waals surface area contributed by atoms with Crippen molar-refractivity contribution in [2.24, 2.45) is 5.10 Å². The summed E-state index contributed by atoms with van der Waals surface area (Å²) < 4.78 is 44.4. The van der Waals surface area contributed by atoms with E-state index in [-0.39, 0.29) is 27.1 Å². The molecule has 3 aromatic carbocycles. The number of hydrogen-bond donors (Lipinski definition) is 1. The van der Waals surface area contributed by atoms with E-state index in [1.54, 1.807) is 6.07 Å². The molecule has 0 saturated heterocycles. The number of methoxy groups -OCH3 is 3. The number of anilines is 1. The fourth-order valence-electron chi connectivity index (χ4n) is 3.57. The summed E-state index contributed by atoms with van der Waals surface area (Å²) in [6, 6.07) is 16.4. The predicted molar refractivity (Wildman–Crippen MR) is 148 cm³/mol. The summed E-state index contributed by atoms with van der Waals surface area (Å²) in [4.78, 5) is 12.8. The van der Waals surface area contributed by atoms with Gasteiger partial charge in [0.15, 0.2) is 11.5 Å². The van der Waals surface area contributed by atoms with E-state index >= 15 is 0 Å². The first-order valence-electron chi connectivity index (χ1n) is 11.6. The average molecular weight is 560 g/mol. The van der Waals surface area contributed by atoms with Crippen LogP contribution in [-0.4, -0.2) is 48.4 Å². The van der Waals surface area contributed by atoms with Crippen LogP contribution in [0.15, 0.2) is 70.7 Å². The number of amides is 1. The van der Waals surface area contributed by atoms with Crippen LogP contribution in [0.25, 0.3) is 0 Å². The highest BCUT2D eigenvalue weighted by Gasteiger charge is 2.30. The van der Waals surface area contributed by atoms with Crippen LogP contribution in [0.5, 0.6) is 17.2 Å².